The van der Waals surface area contributed by atoms with Crippen molar-refractivity contribution in [2.75, 3.05) is 13.2 Å². The third kappa shape index (κ3) is 2.88. The number of fused-ring (bicyclic) bond motifs is 1. The van der Waals surface area contributed by atoms with Crippen LogP contribution >= 0.6 is 27.3 Å². The van der Waals surface area contributed by atoms with Gasteiger partial charge in [-0.15, -0.1) is 11.3 Å². The Kier molecular flexibility index (Phi) is 4.09. The highest BCUT2D eigenvalue weighted by Crippen LogP contribution is 2.34. The molecule has 21 heavy (non-hydrogen) atoms. The van der Waals surface area contributed by atoms with E-state index in [1.54, 1.807) is 6.07 Å². The lowest BCUT2D eigenvalue weighted by Crippen LogP contribution is -2.32. The number of hydrogen-bond donors (Lipinski definition) is 0. The molecule has 1 aromatic heterocycles. The van der Waals surface area contributed by atoms with Gasteiger partial charge in [-0.05, 0) is 40.5 Å². The molecule has 0 N–H and O–H groups in total. The number of halogens is 1. The summed E-state index contributed by atoms with van der Waals surface area (Å²) in [5, 5.41) is 0. The summed E-state index contributed by atoms with van der Waals surface area (Å²) >= 11 is 4.63. The van der Waals surface area contributed by atoms with Crippen molar-refractivity contribution in [1.29, 1.82) is 0 Å². The molecule has 0 amide bonds. The molecule has 1 aromatic carbocycles. The second-order valence-electron chi connectivity index (χ2n) is 4.82. The zero-order chi connectivity index (χ0) is 15.0. The van der Waals surface area contributed by atoms with Gasteiger partial charge >= 0.3 is 0 Å². The number of benzene rings is 1. The van der Waals surface area contributed by atoms with E-state index in [0.29, 0.717) is 23.9 Å². The Labute approximate surface area is 136 Å². The van der Waals surface area contributed by atoms with Crippen LogP contribution in [0.3, 0.4) is 0 Å². The summed E-state index contributed by atoms with van der Waals surface area (Å²) in [6, 6.07) is 9.27. The van der Waals surface area contributed by atoms with Crippen LogP contribution in [-0.2, 0) is 16.6 Å². The summed E-state index contributed by atoms with van der Waals surface area (Å²) in [6.45, 7) is 2.95. The zero-order valence-electron chi connectivity index (χ0n) is 11.4. The molecule has 0 atom stereocenters. The molecule has 1 aliphatic rings. The number of ether oxygens (including phenoxy) is 1. The highest BCUT2D eigenvalue weighted by molar-refractivity contribution is 9.11. The maximum Gasteiger partial charge on any atom is 0.253 e. The van der Waals surface area contributed by atoms with Gasteiger partial charge in [-0.25, -0.2) is 8.42 Å². The standard InChI is InChI=1S/C14H14BrNO3S2/c1-10-8-13(20-14(10)15)21(17,18)16-6-7-19-12-5-3-2-4-11(12)9-16/h2-5,8H,6-7,9H2,1H3. The van der Waals surface area contributed by atoms with E-state index in [1.165, 1.54) is 15.6 Å². The summed E-state index contributed by atoms with van der Waals surface area (Å²) in [4.78, 5) is 0. The predicted octanol–water partition coefficient (Wildman–Crippen LogP) is 3.40. The molecule has 0 saturated carbocycles. The van der Waals surface area contributed by atoms with Crippen LogP contribution in [0.25, 0.3) is 0 Å². The van der Waals surface area contributed by atoms with E-state index < -0.39 is 10.0 Å². The van der Waals surface area contributed by atoms with Crippen molar-refractivity contribution in [2.45, 2.75) is 17.7 Å². The maximum absolute atomic E-state index is 12.8. The Balaban J connectivity index is 1.96. The first-order chi connectivity index (χ1) is 9.98. The molecule has 0 fully saturated rings. The highest BCUT2D eigenvalue weighted by atomic mass is 79.9. The van der Waals surface area contributed by atoms with Gasteiger partial charge in [0.2, 0.25) is 0 Å². The van der Waals surface area contributed by atoms with E-state index in [1.807, 2.05) is 31.2 Å². The van der Waals surface area contributed by atoms with Crippen LogP contribution in [0, 0.1) is 6.92 Å². The molecule has 4 nitrogen and oxygen atoms in total. The van der Waals surface area contributed by atoms with Gasteiger partial charge in [0.05, 0.1) is 3.79 Å². The SMILES string of the molecule is Cc1cc(S(=O)(=O)N2CCOc3ccccc3C2)sc1Br. The summed E-state index contributed by atoms with van der Waals surface area (Å²) in [7, 11) is -3.49. The Morgan fingerprint density at radius 2 is 2.10 bits per heavy atom. The van der Waals surface area contributed by atoms with Gasteiger partial charge < -0.3 is 4.74 Å². The van der Waals surface area contributed by atoms with E-state index in [9.17, 15) is 8.42 Å². The number of rotatable bonds is 2. The Morgan fingerprint density at radius 1 is 1.33 bits per heavy atom. The molecule has 1 aliphatic heterocycles. The van der Waals surface area contributed by atoms with Crippen molar-refractivity contribution in [1.82, 2.24) is 4.31 Å². The first-order valence-electron chi connectivity index (χ1n) is 6.45. The van der Waals surface area contributed by atoms with Gasteiger partial charge in [0, 0.05) is 18.7 Å². The number of thiophene rings is 1. The van der Waals surface area contributed by atoms with Gasteiger partial charge in [-0.2, -0.15) is 4.31 Å². The van der Waals surface area contributed by atoms with Gasteiger partial charge in [-0.1, -0.05) is 18.2 Å². The van der Waals surface area contributed by atoms with Gasteiger partial charge in [0.25, 0.3) is 10.0 Å². The van der Waals surface area contributed by atoms with Crippen LogP contribution in [0.4, 0.5) is 0 Å². The summed E-state index contributed by atoms with van der Waals surface area (Å²) < 4.78 is 33.9. The lowest BCUT2D eigenvalue weighted by Gasteiger charge is -2.18. The van der Waals surface area contributed by atoms with E-state index >= 15 is 0 Å². The third-order valence-electron chi connectivity index (χ3n) is 3.35. The average Bonchev–Trinajstić information content (AvgIpc) is 2.69. The molecule has 7 heteroatoms. The number of hydrogen-bond acceptors (Lipinski definition) is 4. The van der Waals surface area contributed by atoms with E-state index in [2.05, 4.69) is 15.9 Å². The van der Waals surface area contributed by atoms with Crippen LogP contribution < -0.4 is 4.74 Å². The number of aryl methyl sites for hydroxylation is 1. The predicted molar refractivity (Wildman–Crippen MR) is 86.3 cm³/mol. The minimum absolute atomic E-state index is 0.340. The van der Waals surface area contributed by atoms with Crippen molar-refractivity contribution in [3.05, 3.63) is 45.2 Å². The van der Waals surface area contributed by atoms with Gasteiger partial charge in [0.1, 0.15) is 16.6 Å². The van der Waals surface area contributed by atoms with Crippen LogP contribution in [-0.4, -0.2) is 25.9 Å². The minimum atomic E-state index is -3.49. The molecule has 0 bridgehead atoms. The maximum atomic E-state index is 12.8. The van der Waals surface area contributed by atoms with E-state index in [0.717, 1.165) is 20.7 Å². The highest BCUT2D eigenvalue weighted by Gasteiger charge is 2.29. The first kappa shape index (κ1) is 15.0. The quantitative estimate of drug-likeness (QED) is 0.792. The van der Waals surface area contributed by atoms with E-state index in [-0.39, 0.29) is 0 Å². The first-order valence-corrected chi connectivity index (χ1v) is 9.50. The van der Waals surface area contributed by atoms with Gasteiger partial charge in [0.15, 0.2) is 0 Å². The van der Waals surface area contributed by atoms with Gasteiger partial charge in [-0.3, -0.25) is 0 Å². The molecular weight excluding hydrogens is 374 g/mol. The third-order valence-corrected chi connectivity index (χ3v) is 7.78. The topological polar surface area (TPSA) is 46.6 Å². The molecule has 0 spiro atoms. The van der Waals surface area contributed by atoms with Crippen LogP contribution in [0.15, 0.2) is 38.3 Å². The molecule has 3 rings (SSSR count). The lowest BCUT2D eigenvalue weighted by atomic mass is 10.2. The fourth-order valence-electron chi connectivity index (χ4n) is 2.19. The summed E-state index contributed by atoms with van der Waals surface area (Å²) in [6.07, 6.45) is 0. The zero-order valence-corrected chi connectivity index (χ0v) is 14.6. The normalized spacial score (nSPS) is 16.1. The molecule has 2 aromatic rings. The molecular formula is C14H14BrNO3S2. The average molecular weight is 388 g/mol. The smallest absolute Gasteiger partial charge is 0.253 e. The van der Waals surface area contributed by atoms with Crippen LogP contribution in [0.2, 0.25) is 0 Å². The lowest BCUT2D eigenvalue weighted by molar-refractivity contribution is 0.293. The van der Waals surface area contributed by atoms with Crippen molar-refractivity contribution in [2.24, 2.45) is 0 Å². The molecule has 2 heterocycles. The second-order valence-corrected chi connectivity index (χ2v) is 9.35. The Morgan fingerprint density at radius 3 is 2.81 bits per heavy atom. The number of sulfonamides is 1. The number of nitrogens with zero attached hydrogens (tertiary/aromatic N) is 1. The van der Waals surface area contributed by atoms with Crippen molar-refractivity contribution in [3.63, 3.8) is 0 Å². The van der Waals surface area contributed by atoms with Crippen molar-refractivity contribution < 1.29 is 13.2 Å². The monoisotopic (exact) mass is 387 g/mol. The van der Waals surface area contributed by atoms with Crippen molar-refractivity contribution >= 4 is 37.3 Å². The molecule has 112 valence electrons. The Hall–Kier alpha value is -0.890. The molecule has 0 unspecified atom stereocenters. The second kappa shape index (κ2) is 5.72. The number of para-hydroxylation sites is 1. The summed E-state index contributed by atoms with van der Waals surface area (Å²) in [5.74, 6) is 0.763. The van der Waals surface area contributed by atoms with Crippen LogP contribution in [0.1, 0.15) is 11.1 Å². The molecule has 0 saturated heterocycles. The fourth-order valence-corrected chi connectivity index (χ4v) is 5.98. The molecule has 0 aliphatic carbocycles. The van der Waals surface area contributed by atoms with Crippen molar-refractivity contribution in [3.8, 4) is 5.75 Å². The minimum Gasteiger partial charge on any atom is -0.492 e. The molecule has 0 radical (unpaired) electrons. The van der Waals surface area contributed by atoms with E-state index in [4.69, 9.17) is 4.74 Å². The fraction of sp³-hybridized carbons (Fsp3) is 0.286. The summed E-state index contributed by atoms with van der Waals surface area (Å²) in [5.41, 5.74) is 1.83. The largest absolute Gasteiger partial charge is 0.492 e. The van der Waals surface area contributed by atoms with Crippen LogP contribution in [0.5, 0.6) is 5.75 Å². The Bertz CT molecular complexity index is 751.